The molecule has 0 bridgehead atoms. The third-order valence-corrected chi connectivity index (χ3v) is 4.62. The lowest BCUT2D eigenvalue weighted by Gasteiger charge is -2.38. The standard InChI is InChI=1S/C17H26ClFN2/c1-12(2)21-7-5-4-6-13(11-20-3)17(21)14-8-15(18)10-16(19)9-14/h8-10,12-13,17,20H,4-7,11H2,1-3H3. The summed E-state index contributed by atoms with van der Waals surface area (Å²) in [7, 11) is 1.99. The predicted octanol–water partition coefficient (Wildman–Crippen LogP) is 4.25. The van der Waals surface area contributed by atoms with Gasteiger partial charge in [-0.15, -0.1) is 0 Å². The third-order valence-electron chi connectivity index (χ3n) is 4.40. The summed E-state index contributed by atoms with van der Waals surface area (Å²) in [5.74, 6) is 0.242. The van der Waals surface area contributed by atoms with E-state index < -0.39 is 0 Å². The van der Waals surface area contributed by atoms with E-state index in [0.717, 1.165) is 18.7 Å². The molecule has 1 N–H and O–H groups in total. The molecule has 2 atom stereocenters. The summed E-state index contributed by atoms with van der Waals surface area (Å²) in [6.45, 7) is 6.45. The number of benzene rings is 1. The van der Waals surface area contributed by atoms with Crippen molar-refractivity contribution < 1.29 is 4.39 Å². The Morgan fingerprint density at radius 2 is 2.10 bits per heavy atom. The number of hydrogen-bond acceptors (Lipinski definition) is 2. The Kier molecular flexibility index (Phi) is 6.03. The molecule has 1 fully saturated rings. The molecule has 0 radical (unpaired) electrons. The van der Waals surface area contributed by atoms with Crippen molar-refractivity contribution in [1.29, 1.82) is 0 Å². The van der Waals surface area contributed by atoms with Gasteiger partial charge in [0.05, 0.1) is 0 Å². The molecule has 0 saturated carbocycles. The zero-order valence-corrected chi connectivity index (χ0v) is 14.0. The van der Waals surface area contributed by atoms with E-state index in [-0.39, 0.29) is 11.9 Å². The van der Waals surface area contributed by atoms with Crippen molar-refractivity contribution >= 4 is 11.6 Å². The Labute approximate surface area is 132 Å². The molecule has 1 aromatic rings. The van der Waals surface area contributed by atoms with Gasteiger partial charge < -0.3 is 5.32 Å². The fourth-order valence-corrected chi connectivity index (χ4v) is 3.76. The Morgan fingerprint density at radius 1 is 1.33 bits per heavy atom. The molecular weight excluding hydrogens is 287 g/mol. The van der Waals surface area contributed by atoms with Crippen LogP contribution >= 0.6 is 11.6 Å². The molecule has 1 aliphatic rings. The molecular formula is C17H26ClFN2. The highest BCUT2D eigenvalue weighted by Crippen LogP contribution is 2.37. The Balaban J connectivity index is 2.41. The molecule has 1 saturated heterocycles. The summed E-state index contributed by atoms with van der Waals surface area (Å²) in [4.78, 5) is 2.50. The molecule has 1 aromatic carbocycles. The van der Waals surface area contributed by atoms with Crippen molar-refractivity contribution in [3.63, 3.8) is 0 Å². The van der Waals surface area contributed by atoms with Crippen LogP contribution in [0.3, 0.4) is 0 Å². The van der Waals surface area contributed by atoms with Crippen molar-refractivity contribution in [3.05, 3.63) is 34.6 Å². The van der Waals surface area contributed by atoms with Gasteiger partial charge in [-0.25, -0.2) is 4.39 Å². The van der Waals surface area contributed by atoms with Gasteiger partial charge in [-0.1, -0.05) is 18.0 Å². The smallest absolute Gasteiger partial charge is 0.125 e. The summed E-state index contributed by atoms with van der Waals surface area (Å²) in [5, 5.41) is 3.79. The zero-order chi connectivity index (χ0) is 15.4. The van der Waals surface area contributed by atoms with Crippen molar-refractivity contribution in [1.82, 2.24) is 10.2 Å². The minimum absolute atomic E-state index is 0.230. The second kappa shape index (κ2) is 7.57. The number of hydrogen-bond donors (Lipinski definition) is 1. The van der Waals surface area contributed by atoms with Crippen molar-refractivity contribution in [2.45, 2.75) is 45.2 Å². The first-order valence-electron chi connectivity index (χ1n) is 7.89. The Hall–Kier alpha value is -0.640. The maximum Gasteiger partial charge on any atom is 0.125 e. The van der Waals surface area contributed by atoms with Gasteiger partial charge in [-0.2, -0.15) is 0 Å². The number of halogens is 2. The van der Waals surface area contributed by atoms with Gasteiger partial charge in [0, 0.05) is 17.1 Å². The van der Waals surface area contributed by atoms with Crippen LogP contribution in [-0.4, -0.2) is 31.1 Å². The Bertz CT molecular complexity index is 444. The van der Waals surface area contributed by atoms with Gasteiger partial charge >= 0.3 is 0 Å². The van der Waals surface area contributed by atoms with E-state index >= 15 is 0 Å². The highest BCUT2D eigenvalue weighted by molar-refractivity contribution is 6.30. The number of nitrogens with one attached hydrogen (secondary N) is 1. The summed E-state index contributed by atoms with van der Waals surface area (Å²) in [5.41, 5.74) is 1.01. The average Bonchev–Trinajstić information content (AvgIpc) is 2.60. The maximum absolute atomic E-state index is 13.8. The van der Waals surface area contributed by atoms with Crippen molar-refractivity contribution in [2.75, 3.05) is 20.1 Å². The molecule has 2 nitrogen and oxygen atoms in total. The first-order chi connectivity index (χ1) is 10.0. The summed E-state index contributed by atoms with van der Waals surface area (Å²) < 4.78 is 13.8. The van der Waals surface area contributed by atoms with Gasteiger partial charge in [-0.3, -0.25) is 4.90 Å². The first kappa shape index (κ1) is 16.7. The van der Waals surface area contributed by atoms with E-state index in [9.17, 15) is 4.39 Å². The molecule has 2 rings (SSSR count). The second-order valence-corrected chi connectivity index (χ2v) is 6.73. The maximum atomic E-state index is 13.8. The van der Waals surface area contributed by atoms with Gasteiger partial charge in [0.15, 0.2) is 0 Å². The van der Waals surface area contributed by atoms with Crippen LogP contribution < -0.4 is 5.32 Å². The van der Waals surface area contributed by atoms with E-state index in [4.69, 9.17) is 11.6 Å². The van der Waals surface area contributed by atoms with Crippen LogP contribution in [0.2, 0.25) is 5.02 Å². The van der Waals surface area contributed by atoms with Gasteiger partial charge in [0.1, 0.15) is 5.82 Å². The average molecular weight is 313 g/mol. The molecule has 0 aliphatic carbocycles. The zero-order valence-electron chi connectivity index (χ0n) is 13.2. The topological polar surface area (TPSA) is 15.3 Å². The fourth-order valence-electron chi connectivity index (χ4n) is 3.53. The van der Waals surface area contributed by atoms with Crippen LogP contribution in [0, 0.1) is 11.7 Å². The van der Waals surface area contributed by atoms with E-state index in [1.807, 2.05) is 13.1 Å². The largest absolute Gasteiger partial charge is 0.319 e. The van der Waals surface area contributed by atoms with E-state index in [2.05, 4.69) is 24.1 Å². The minimum atomic E-state index is -0.242. The molecule has 0 amide bonds. The SMILES string of the molecule is CNCC1CCCCN(C(C)C)C1c1cc(F)cc(Cl)c1. The molecule has 2 unspecified atom stereocenters. The third kappa shape index (κ3) is 4.18. The van der Waals surface area contributed by atoms with Gasteiger partial charge in [0.2, 0.25) is 0 Å². The van der Waals surface area contributed by atoms with Crippen LogP contribution in [0.1, 0.15) is 44.7 Å². The Morgan fingerprint density at radius 3 is 2.71 bits per heavy atom. The lowest BCUT2D eigenvalue weighted by atomic mass is 9.88. The van der Waals surface area contributed by atoms with Crippen molar-refractivity contribution in [2.24, 2.45) is 5.92 Å². The molecule has 118 valence electrons. The number of likely N-dealkylation sites (tertiary alicyclic amines) is 1. The van der Waals surface area contributed by atoms with Crippen LogP contribution in [0.25, 0.3) is 0 Å². The molecule has 21 heavy (non-hydrogen) atoms. The van der Waals surface area contributed by atoms with E-state index in [0.29, 0.717) is 17.0 Å². The van der Waals surface area contributed by atoms with E-state index in [1.165, 1.54) is 25.3 Å². The first-order valence-corrected chi connectivity index (χ1v) is 8.27. The predicted molar refractivity (Wildman–Crippen MR) is 87.3 cm³/mol. The molecule has 0 spiro atoms. The number of rotatable bonds is 4. The minimum Gasteiger partial charge on any atom is -0.319 e. The highest BCUT2D eigenvalue weighted by Gasteiger charge is 2.32. The molecule has 0 aromatic heterocycles. The lowest BCUT2D eigenvalue weighted by molar-refractivity contribution is 0.118. The van der Waals surface area contributed by atoms with Crippen LogP contribution in [0.4, 0.5) is 4.39 Å². The van der Waals surface area contributed by atoms with E-state index in [1.54, 1.807) is 6.07 Å². The molecule has 1 heterocycles. The van der Waals surface area contributed by atoms with Crippen molar-refractivity contribution in [3.8, 4) is 0 Å². The van der Waals surface area contributed by atoms with Gasteiger partial charge in [-0.05, 0) is 76.5 Å². The number of nitrogens with zero attached hydrogens (tertiary/aromatic N) is 1. The molecule has 1 aliphatic heterocycles. The van der Waals surface area contributed by atoms with Crippen LogP contribution in [-0.2, 0) is 0 Å². The molecule has 4 heteroatoms. The highest BCUT2D eigenvalue weighted by atomic mass is 35.5. The quantitative estimate of drug-likeness (QED) is 0.894. The monoisotopic (exact) mass is 312 g/mol. The second-order valence-electron chi connectivity index (χ2n) is 6.29. The summed E-state index contributed by atoms with van der Waals surface area (Å²) in [6.07, 6.45) is 3.61. The lowest BCUT2D eigenvalue weighted by Crippen LogP contribution is -2.40. The van der Waals surface area contributed by atoms with Crippen LogP contribution in [0.5, 0.6) is 0 Å². The normalized spacial score (nSPS) is 24.3. The summed E-state index contributed by atoms with van der Waals surface area (Å²) in [6, 6.07) is 5.63. The summed E-state index contributed by atoms with van der Waals surface area (Å²) >= 11 is 6.09. The van der Waals surface area contributed by atoms with Gasteiger partial charge in [0.25, 0.3) is 0 Å². The fraction of sp³-hybridized carbons (Fsp3) is 0.647. The van der Waals surface area contributed by atoms with Crippen LogP contribution in [0.15, 0.2) is 18.2 Å².